The molecule has 2 aromatic carbocycles. The molecule has 0 saturated heterocycles. The molecule has 0 aliphatic heterocycles. The van der Waals surface area contributed by atoms with Gasteiger partial charge in [0, 0.05) is 34.1 Å². The van der Waals surface area contributed by atoms with Gasteiger partial charge in [0.15, 0.2) is 5.58 Å². The fraction of sp³-hybridized carbons (Fsp3) is 0. The van der Waals surface area contributed by atoms with Crippen molar-refractivity contribution in [3.05, 3.63) is 73.1 Å². The van der Waals surface area contributed by atoms with Crippen LogP contribution in [0.3, 0.4) is 0 Å². The highest BCUT2D eigenvalue weighted by atomic mass is 16.3. The molecular formula is C22H12N2O2. The Morgan fingerprint density at radius 1 is 0.654 bits per heavy atom. The second-order valence-electron chi connectivity index (χ2n) is 6.33. The van der Waals surface area contributed by atoms with Crippen molar-refractivity contribution in [1.82, 2.24) is 9.97 Å². The van der Waals surface area contributed by atoms with Crippen molar-refractivity contribution in [2.24, 2.45) is 0 Å². The fourth-order valence-corrected chi connectivity index (χ4v) is 3.53. The summed E-state index contributed by atoms with van der Waals surface area (Å²) in [7, 11) is 0. The third-order valence-electron chi connectivity index (χ3n) is 4.79. The van der Waals surface area contributed by atoms with Gasteiger partial charge in [-0.25, -0.2) is 4.98 Å². The van der Waals surface area contributed by atoms with Gasteiger partial charge in [0.25, 0.3) is 0 Å². The number of hydrogen-bond donors (Lipinski definition) is 0. The van der Waals surface area contributed by atoms with Gasteiger partial charge in [-0.05, 0) is 42.5 Å². The smallest absolute Gasteiger partial charge is 0.153 e. The first-order valence-electron chi connectivity index (χ1n) is 8.42. The molecule has 0 amide bonds. The number of para-hydroxylation sites is 1. The van der Waals surface area contributed by atoms with Gasteiger partial charge >= 0.3 is 0 Å². The van der Waals surface area contributed by atoms with Crippen LogP contribution in [0.4, 0.5) is 0 Å². The van der Waals surface area contributed by atoms with Gasteiger partial charge in [-0.3, -0.25) is 4.98 Å². The Kier molecular flexibility index (Phi) is 2.58. The van der Waals surface area contributed by atoms with Gasteiger partial charge in [-0.2, -0.15) is 0 Å². The minimum atomic E-state index is 0.797. The highest BCUT2D eigenvalue weighted by Gasteiger charge is 2.12. The maximum Gasteiger partial charge on any atom is 0.153 e. The largest absolute Gasteiger partial charge is 0.456 e. The van der Waals surface area contributed by atoms with Crippen LogP contribution in [0.25, 0.3) is 55.3 Å². The van der Waals surface area contributed by atoms with E-state index in [-0.39, 0.29) is 0 Å². The molecule has 0 aliphatic rings. The zero-order chi connectivity index (χ0) is 17.1. The van der Waals surface area contributed by atoms with E-state index in [0.717, 1.165) is 55.3 Å². The van der Waals surface area contributed by atoms with Crippen LogP contribution in [0.1, 0.15) is 0 Å². The molecule has 0 bridgehead atoms. The summed E-state index contributed by atoms with van der Waals surface area (Å²) in [5.74, 6) is 0. The maximum atomic E-state index is 5.97. The van der Waals surface area contributed by atoms with Crippen LogP contribution in [0.15, 0.2) is 81.9 Å². The molecule has 0 spiro atoms. The van der Waals surface area contributed by atoms with Crippen LogP contribution in [-0.2, 0) is 0 Å². The Balaban J connectivity index is 1.59. The van der Waals surface area contributed by atoms with E-state index in [1.165, 1.54) is 0 Å². The van der Waals surface area contributed by atoms with Crippen LogP contribution >= 0.6 is 0 Å². The van der Waals surface area contributed by atoms with Crippen molar-refractivity contribution < 1.29 is 8.83 Å². The summed E-state index contributed by atoms with van der Waals surface area (Å²) in [6.45, 7) is 0. The maximum absolute atomic E-state index is 5.97. The highest BCUT2D eigenvalue weighted by molar-refractivity contribution is 6.06. The van der Waals surface area contributed by atoms with Crippen LogP contribution in [0, 0.1) is 0 Å². The Morgan fingerprint density at radius 3 is 2.54 bits per heavy atom. The molecule has 0 unspecified atom stereocenters. The number of fused-ring (bicyclic) bond motifs is 6. The molecule has 0 N–H and O–H groups in total. The summed E-state index contributed by atoms with van der Waals surface area (Å²) in [6, 6.07) is 20.0. The average Bonchev–Trinajstić information content (AvgIpc) is 3.25. The summed E-state index contributed by atoms with van der Waals surface area (Å²) in [5.41, 5.74) is 6.12. The third kappa shape index (κ3) is 1.84. The number of aromatic nitrogens is 2. The second kappa shape index (κ2) is 4.92. The molecule has 6 rings (SSSR count). The molecule has 0 atom stereocenters. The minimum absolute atomic E-state index is 0.797. The highest BCUT2D eigenvalue weighted by Crippen LogP contribution is 2.33. The molecule has 0 aliphatic carbocycles. The lowest BCUT2D eigenvalue weighted by molar-refractivity contribution is 0.668. The quantitative estimate of drug-likeness (QED) is 0.373. The monoisotopic (exact) mass is 336 g/mol. The minimum Gasteiger partial charge on any atom is -0.456 e. The summed E-state index contributed by atoms with van der Waals surface area (Å²) in [5, 5.41) is 3.12. The lowest BCUT2D eigenvalue weighted by atomic mass is 10.1. The predicted molar refractivity (Wildman–Crippen MR) is 102 cm³/mol. The normalized spacial score (nSPS) is 11.8. The Bertz CT molecular complexity index is 1440. The number of rotatable bonds is 1. The Hall–Kier alpha value is -3.66. The predicted octanol–water partition coefficient (Wildman–Crippen LogP) is 5.94. The fourth-order valence-electron chi connectivity index (χ4n) is 3.53. The van der Waals surface area contributed by atoms with Crippen molar-refractivity contribution >= 4 is 44.0 Å². The molecule has 0 radical (unpaired) electrons. The van der Waals surface area contributed by atoms with Crippen molar-refractivity contribution in [3.63, 3.8) is 0 Å². The molecule has 4 heteroatoms. The van der Waals surface area contributed by atoms with Crippen LogP contribution in [0.5, 0.6) is 0 Å². The summed E-state index contributed by atoms with van der Waals surface area (Å²) in [4.78, 5) is 9.04. The second-order valence-corrected chi connectivity index (χ2v) is 6.33. The zero-order valence-corrected chi connectivity index (χ0v) is 13.6. The molecular weight excluding hydrogens is 324 g/mol. The van der Waals surface area contributed by atoms with Crippen LogP contribution < -0.4 is 0 Å². The van der Waals surface area contributed by atoms with Crippen molar-refractivity contribution in [2.45, 2.75) is 0 Å². The van der Waals surface area contributed by atoms with Gasteiger partial charge in [0.1, 0.15) is 22.3 Å². The molecule has 122 valence electrons. The Labute approximate surface area is 147 Å². The van der Waals surface area contributed by atoms with Crippen molar-refractivity contribution in [3.8, 4) is 11.3 Å². The van der Waals surface area contributed by atoms with E-state index in [2.05, 4.69) is 17.1 Å². The lowest BCUT2D eigenvalue weighted by Crippen LogP contribution is -1.83. The lowest BCUT2D eigenvalue weighted by Gasteiger charge is -2.01. The van der Waals surface area contributed by atoms with Crippen molar-refractivity contribution in [2.75, 3.05) is 0 Å². The molecule has 0 fully saturated rings. The SMILES string of the molecule is c1ccc2c(c1)oc1ccc(-c3ccc4c(c3)oc3ccncc34)nc12. The van der Waals surface area contributed by atoms with E-state index in [4.69, 9.17) is 13.8 Å². The van der Waals surface area contributed by atoms with E-state index in [9.17, 15) is 0 Å². The van der Waals surface area contributed by atoms with E-state index < -0.39 is 0 Å². The number of furan rings is 2. The summed E-state index contributed by atoms with van der Waals surface area (Å²) in [6.07, 6.45) is 3.58. The summed E-state index contributed by atoms with van der Waals surface area (Å²) < 4.78 is 11.8. The Morgan fingerprint density at radius 2 is 1.54 bits per heavy atom. The summed E-state index contributed by atoms with van der Waals surface area (Å²) >= 11 is 0. The van der Waals surface area contributed by atoms with Gasteiger partial charge in [0.05, 0.1) is 5.69 Å². The van der Waals surface area contributed by atoms with Gasteiger partial charge in [-0.15, -0.1) is 0 Å². The van der Waals surface area contributed by atoms with E-state index in [1.54, 1.807) is 6.20 Å². The first-order chi connectivity index (χ1) is 12.9. The standard InChI is InChI=1S/C22H12N2O2/c1-2-4-18-15(3-1)22-20(25-18)8-7-17(24-22)13-5-6-14-16-12-23-10-9-19(16)26-21(14)11-13/h1-12H. The number of benzene rings is 2. The van der Waals surface area contributed by atoms with E-state index in [1.807, 2.05) is 54.7 Å². The molecule has 4 aromatic heterocycles. The van der Waals surface area contributed by atoms with Crippen molar-refractivity contribution in [1.29, 1.82) is 0 Å². The molecule has 0 saturated carbocycles. The third-order valence-corrected chi connectivity index (χ3v) is 4.79. The topological polar surface area (TPSA) is 52.1 Å². The van der Waals surface area contributed by atoms with Gasteiger partial charge < -0.3 is 8.83 Å². The van der Waals surface area contributed by atoms with Crippen LogP contribution in [0.2, 0.25) is 0 Å². The molecule has 6 aromatic rings. The van der Waals surface area contributed by atoms with Crippen LogP contribution in [-0.4, -0.2) is 9.97 Å². The average molecular weight is 336 g/mol. The number of hydrogen-bond acceptors (Lipinski definition) is 4. The number of pyridine rings is 2. The first kappa shape index (κ1) is 13.6. The molecule has 4 heterocycles. The van der Waals surface area contributed by atoms with E-state index in [0.29, 0.717) is 0 Å². The first-order valence-corrected chi connectivity index (χ1v) is 8.42. The number of nitrogens with zero attached hydrogens (tertiary/aromatic N) is 2. The van der Waals surface area contributed by atoms with E-state index >= 15 is 0 Å². The van der Waals surface area contributed by atoms with Gasteiger partial charge in [0.2, 0.25) is 0 Å². The molecule has 4 nitrogen and oxygen atoms in total. The van der Waals surface area contributed by atoms with Gasteiger partial charge in [-0.1, -0.05) is 18.2 Å². The zero-order valence-electron chi connectivity index (χ0n) is 13.6. The molecule has 26 heavy (non-hydrogen) atoms.